The Balaban J connectivity index is 2.27. The largest absolute Gasteiger partial charge is 0.326 e. The highest BCUT2D eigenvalue weighted by atomic mass is 32.2. The smallest absolute Gasteiger partial charge is 0.243 e. The van der Waals surface area contributed by atoms with Gasteiger partial charge in [0.1, 0.15) is 0 Å². The molecular weight excluding hydrogens is 272 g/mol. The molecule has 1 atom stereocenters. The molecule has 2 rings (SSSR count). The summed E-state index contributed by atoms with van der Waals surface area (Å²) >= 11 is 0. The molecule has 0 aromatic heterocycles. The highest BCUT2D eigenvalue weighted by Crippen LogP contribution is 2.29. The molecule has 20 heavy (non-hydrogen) atoms. The maximum absolute atomic E-state index is 12.7. The van der Waals surface area contributed by atoms with Gasteiger partial charge in [-0.25, -0.2) is 8.42 Å². The van der Waals surface area contributed by atoms with Crippen LogP contribution in [0.4, 0.5) is 0 Å². The van der Waals surface area contributed by atoms with Crippen molar-refractivity contribution in [2.45, 2.75) is 38.6 Å². The number of sulfonamides is 1. The second-order valence-corrected chi connectivity index (χ2v) is 7.89. The van der Waals surface area contributed by atoms with E-state index in [0.717, 1.165) is 17.5 Å². The Morgan fingerprint density at radius 3 is 2.65 bits per heavy atom. The third kappa shape index (κ3) is 2.90. The number of benzene rings is 1. The second-order valence-electron chi connectivity index (χ2n) is 5.95. The summed E-state index contributed by atoms with van der Waals surface area (Å²) in [6.45, 7) is 7.87. The molecule has 4 nitrogen and oxygen atoms in total. The van der Waals surface area contributed by atoms with Crippen LogP contribution in [-0.2, 0) is 16.6 Å². The van der Waals surface area contributed by atoms with Crippen LogP contribution in [-0.4, -0.2) is 25.8 Å². The SMILES string of the molecule is Cc1ccc(S(=O)(=O)N2CCC(C(C)C)C2)cc1CN. The van der Waals surface area contributed by atoms with E-state index in [9.17, 15) is 8.42 Å². The molecule has 0 bridgehead atoms. The van der Waals surface area contributed by atoms with Crippen LogP contribution in [0.15, 0.2) is 23.1 Å². The van der Waals surface area contributed by atoms with Crippen LogP contribution in [0, 0.1) is 18.8 Å². The van der Waals surface area contributed by atoms with Crippen molar-refractivity contribution in [2.75, 3.05) is 13.1 Å². The quantitative estimate of drug-likeness (QED) is 0.925. The third-order valence-corrected chi connectivity index (χ3v) is 6.17. The minimum Gasteiger partial charge on any atom is -0.326 e. The number of hydrogen-bond acceptors (Lipinski definition) is 3. The van der Waals surface area contributed by atoms with Gasteiger partial charge in [0.2, 0.25) is 10.0 Å². The molecule has 0 saturated carbocycles. The molecule has 5 heteroatoms. The predicted octanol–water partition coefficient (Wildman–Crippen LogP) is 2.12. The van der Waals surface area contributed by atoms with Crippen molar-refractivity contribution in [3.63, 3.8) is 0 Å². The Morgan fingerprint density at radius 2 is 2.10 bits per heavy atom. The van der Waals surface area contributed by atoms with Crippen LogP contribution >= 0.6 is 0 Å². The summed E-state index contributed by atoms with van der Waals surface area (Å²) in [4.78, 5) is 0.368. The number of rotatable bonds is 4. The number of nitrogens with two attached hydrogens (primary N) is 1. The van der Waals surface area contributed by atoms with E-state index in [0.29, 0.717) is 36.4 Å². The molecule has 1 aliphatic rings. The number of nitrogens with zero attached hydrogens (tertiary/aromatic N) is 1. The topological polar surface area (TPSA) is 63.4 Å². The van der Waals surface area contributed by atoms with E-state index < -0.39 is 10.0 Å². The lowest BCUT2D eigenvalue weighted by atomic mass is 9.96. The van der Waals surface area contributed by atoms with E-state index in [-0.39, 0.29) is 0 Å². The van der Waals surface area contributed by atoms with Crippen molar-refractivity contribution in [1.82, 2.24) is 4.31 Å². The van der Waals surface area contributed by atoms with Gasteiger partial charge in [0.05, 0.1) is 4.90 Å². The van der Waals surface area contributed by atoms with Gasteiger partial charge in [0.15, 0.2) is 0 Å². The molecular formula is C15H24N2O2S. The van der Waals surface area contributed by atoms with Crippen LogP contribution in [0.3, 0.4) is 0 Å². The summed E-state index contributed by atoms with van der Waals surface area (Å²) in [5, 5.41) is 0. The molecule has 1 unspecified atom stereocenters. The lowest BCUT2D eigenvalue weighted by Gasteiger charge is -2.19. The van der Waals surface area contributed by atoms with E-state index in [1.807, 2.05) is 13.0 Å². The fourth-order valence-corrected chi connectivity index (χ4v) is 4.26. The van der Waals surface area contributed by atoms with Crippen LogP contribution in [0.2, 0.25) is 0 Å². The lowest BCUT2D eigenvalue weighted by molar-refractivity contribution is 0.388. The first-order chi connectivity index (χ1) is 9.36. The van der Waals surface area contributed by atoms with Crippen LogP contribution in [0.5, 0.6) is 0 Å². The first-order valence-corrected chi connectivity index (χ1v) is 8.60. The first-order valence-electron chi connectivity index (χ1n) is 7.16. The van der Waals surface area contributed by atoms with Crippen molar-refractivity contribution in [2.24, 2.45) is 17.6 Å². The van der Waals surface area contributed by atoms with E-state index in [1.54, 1.807) is 16.4 Å². The Morgan fingerprint density at radius 1 is 1.40 bits per heavy atom. The van der Waals surface area contributed by atoms with Gasteiger partial charge in [0, 0.05) is 19.6 Å². The predicted molar refractivity (Wildman–Crippen MR) is 80.8 cm³/mol. The van der Waals surface area contributed by atoms with Gasteiger partial charge in [0.25, 0.3) is 0 Å². The van der Waals surface area contributed by atoms with Crippen LogP contribution < -0.4 is 5.73 Å². The molecule has 1 aromatic carbocycles. The van der Waals surface area contributed by atoms with Crippen LogP contribution in [0.25, 0.3) is 0 Å². The monoisotopic (exact) mass is 296 g/mol. The molecule has 1 saturated heterocycles. The average molecular weight is 296 g/mol. The van der Waals surface area contributed by atoms with E-state index in [4.69, 9.17) is 5.73 Å². The molecule has 2 N–H and O–H groups in total. The van der Waals surface area contributed by atoms with Crippen molar-refractivity contribution in [3.05, 3.63) is 29.3 Å². The van der Waals surface area contributed by atoms with Gasteiger partial charge in [-0.3, -0.25) is 0 Å². The number of aryl methyl sites for hydroxylation is 1. The zero-order chi connectivity index (χ0) is 14.9. The maximum Gasteiger partial charge on any atom is 0.243 e. The van der Waals surface area contributed by atoms with Crippen molar-refractivity contribution >= 4 is 10.0 Å². The summed E-state index contributed by atoms with van der Waals surface area (Å²) in [5.41, 5.74) is 7.60. The van der Waals surface area contributed by atoms with Gasteiger partial charge in [-0.05, 0) is 48.4 Å². The molecule has 1 fully saturated rings. The van der Waals surface area contributed by atoms with Gasteiger partial charge in [-0.15, -0.1) is 0 Å². The summed E-state index contributed by atoms with van der Waals surface area (Å²) in [6, 6.07) is 5.24. The van der Waals surface area contributed by atoms with E-state index in [2.05, 4.69) is 13.8 Å². The summed E-state index contributed by atoms with van der Waals surface area (Å²) in [6.07, 6.45) is 0.951. The molecule has 112 valence electrons. The molecule has 1 aliphatic heterocycles. The second kappa shape index (κ2) is 5.84. The molecule has 1 heterocycles. The highest BCUT2D eigenvalue weighted by Gasteiger charge is 2.33. The third-order valence-electron chi connectivity index (χ3n) is 4.31. The fourth-order valence-electron chi connectivity index (χ4n) is 2.69. The minimum atomic E-state index is -3.38. The molecule has 0 radical (unpaired) electrons. The van der Waals surface area contributed by atoms with Gasteiger partial charge < -0.3 is 5.73 Å². The number of hydrogen-bond donors (Lipinski definition) is 1. The average Bonchev–Trinajstić information content (AvgIpc) is 2.89. The van der Waals surface area contributed by atoms with Gasteiger partial charge >= 0.3 is 0 Å². The zero-order valence-electron chi connectivity index (χ0n) is 12.5. The normalized spacial score (nSPS) is 20.8. The van der Waals surface area contributed by atoms with Gasteiger partial charge in [-0.1, -0.05) is 19.9 Å². The Bertz CT molecular complexity index is 582. The lowest BCUT2D eigenvalue weighted by Crippen LogP contribution is -2.29. The Kier molecular flexibility index (Phi) is 4.52. The highest BCUT2D eigenvalue weighted by molar-refractivity contribution is 7.89. The summed E-state index contributed by atoms with van der Waals surface area (Å²) in [7, 11) is -3.38. The maximum atomic E-state index is 12.7. The Labute approximate surface area is 122 Å². The van der Waals surface area contributed by atoms with E-state index in [1.165, 1.54) is 0 Å². The fraction of sp³-hybridized carbons (Fsp3) is 0.600. The zero-order valence-corrected chi connectivity index (χ0v) is 13.3. The minimum absolute atomic E-state index is 0.365. The van der Waals surface area contributed by atoms with Gasteiger partial charge in [-0.2, -0.15) is 4.31 Å². The summed E-state index contributed by atoms with van der Waals surface area (Å²) in [5.74, 6) is 0.983. The van der Waals surface area contributed by atoms with E-state index >= 15 is 0 Å². The first kappa shape index (κ1) is 15.5. The standard InChI is InChI=1S/C15H24N2O2S/c1-11(2)13-6-7-17(10-13)20(18,19)15-5-4-12(3)14(8-15)9-16/h4-5,8,11,13H,6-7,9-10,16H2,1-3H3. The molecule has 0 amide bonds. The van der Waals surface area contributed by atoms with Crippen molar-refractivity contribution in [1.29, 1.82) is 0 Å². The van der Waals surface area contributed by atoms with Crippen molar-refractivity contribution < 1.29 is 8.42 Å². The Hall–Kier alpha value is -0.910. The van der Waals surface area contributed by atoms with Crippen molar-refractivity contribution in [3.8, 4) is 0 Å². The molecule has 1 aromatic rings. The molecule has 0 spiro atoms. The van der Waals surface area contributed by atoms with Crippen LogP contribution in [0.1, 0.15) is 31.4 Å². The summed E-state index contributed by atoms with van der Waals surface area (Å²) < 4.78 is 26.9. The molecule has 0 aliphatic carbocycles.